The summed E-state index contributed by atoms with van der Waals surface area (Å²) in [6, 6.07) is 1.99. The standard InChI is InChI=1S/C22H26N6O2/c29-20(9-19-13-24-5-6-25-19)27-7-2-22(3-8-27)10-18(22)12-26-21(30)28-14-16-1-4-23-11-17(16)15-28/h1,4-6,11,13,18H,2-3,7-10,12,14-15H2,(H,26,30). The summed E-state index contributed by atoms with van der Waals surface area (Å²) < 4.78 is 0. The van der Waals surface area contributed by atoms with Crippen LogP contribution in [0.3, 0.4) is 0 Å². The molecule has 5 rings (SSSR count). The van der Waals surface area contributed by atoms with E-state index in [9.17, 15) is 9.59 Å². The molecule has 0 aromatic carbocycles. The summed E-state index contributed by atoms with van der Waals surface area (Å²) in [7, 11) is 0. The molecule has 2 aliphatic heterocycles. The number of hydrogen-bond acceptors (Lipinski definition) is 5. The van der Waals surface area contributed by atoms with Crippen LogP contribution in [0.1, 0.15) is 36.1 Å². The summed E-state index contributed by atoms with van der Waals surface area (Å²) in [6.45, 7) is 3.59. The molecule has 1 atom stereocenters. The normalized spacial score (nSPS) is 21.4. The van der Waals surface area contributed by atoms with Crippen LogP contribution in [-0.4, -0.2) is 56.3 Å². The first-order valence-corrected chi connectivity index (χ1v) is 10.6. The number of nitrogens with zero attached hydrogens (tertiary/aromatic N) is 5. The minimum absolute atomic E-state index is 0.00448. The van der Waals surface area contributed by atoms with Gasteiger partial charge in [-0.2, -0.15) is 0 Å². The van der Waals surface area contributed by atoms with Crippen LogP contribution in [-0.2, 0) is 24.3 Å². The molecule has 156 valence electrons. The lowest BCUT2D eigenvalue weighted by molar-refractivity contribution is -0.132. The Morgan fingerprint density at radius 2 is 1.83 bits per heavy atom. The lowest BCUT2D eigenvalue weighted by Crippen LogP contribution is -2.41. The molecule has 1 saturated carbocycles. The number of aromatic nitrogens is 3. The number of nitrogens with one attached hydrogen (secondary N) is 1. The van der Waals surface area contributed by atoms with Gasteiger partial charge in [-0.15, -0.1) is 0 Å². The maximum Gasteiger partial charge on any atom is 0.318 e. The second kappa shape index (κ2) is 7.66. The van der Waals surface area contributed by atoms with Gasteiger partial charge < -0.3 is 15.1 Å². The molecule has 1 spiro atoms. The fourth-order valence-electron chi connectivity index (χ4n) is 4.91. The fourth-order valence-corrected chi connectivity index (χ4v) is 4.91. The first-order chi connectivity index (χ1) is 14.6. The van der Waals surface area contributed by atoms with Crippen molar-refractivity contribution in [2.45, 2.75) is 38.8 Å². The number of amides is 3. The molecular weight excluding hydrogens is 380 g/mol. The molecule has 2 aromatic heterocycles. The van der Waals surface area contributed by atoms with Gasteiger partial charge in [0.05, 0.1) is 12.1 Å². The van der Waals surface area contributed by atoms with Crippen molar-refractivity contribution < 1.29 is 9.59 Å². The number of hydrogen-bond donors (Lipinski definition) is 1. The van der Waals surface area contributed by atoms with E-state index in [2.05, 4.69) is 20.3 Å². The Morgan fingerprint density at radius 3 is 2.60 bits per heavy atom. The average Bonchev–Trinajstić information content (AvgIpc) is 3.25. The SMILES string of the molecule is O=C(Cc1cnccn1)N1CCC2(CC1)CC2CNC(=O)N1Cc2ccncc2C1. The summed E-state index contributed by atoms with van der Waals surface area (Å²) in [5.41, 5.74) is 3.33. The molecule has 1 N–H and O–H groups in total. The van der Waals surface area contributed by atoms with Gasteiger partial charge >= 0.3 is 6.03 Å². The third kappa shape index (κ3) is 3.74. The summed E-state index contributed by atoms with van der Waals surface area (Å²) in [5, 5.41) is 3.13. The number of fused-ring (bicyclic) bond motifs is 1. The van der Waals surface area contributed by atoms with Gasteiger partial charge in [0.2, 0.25) is 5.91 Å². The fraction of sp³-hybridized carbons (Fsp3) is 0.500. The highest BCUT2D eigenvalue weighted by Crippen LogP contribution is 2.59. The van der Waals surface area contributed by atoms with Gasteiger partial charge in [-0.05, 0) is 47.8 Å². The maximum atomic E-state index is 12.6. The topological polar surface area (TPSA) is 91.3 Å². The van der Waals surface area contributed by atoms with Crippen LogP contribution in [0.25, 0.3) is 0 Å². The third-order valence-corrected chi connectivity index (χ3v) is 6.93. The van der Waals surface area contributed by atoms with E-state index in [4.69, 9.17) is 0 Å². The minimum atomic E-state index is 0.00448. The van der Waals surface area contributed by atoms with Crippen molar-refractivity contribution in [1.82, 2.24) is 30.1 Å². The van der Waals surface area contributed by atoms with Crippen molar-refractivity contribution in [2.24, 2.45) is 11.3 Å². The molecule has 8 heteroatoms. The predicted octanol–water partition coefficient (Wildman–Crippen LogP) is 1.77. The lowest BCUT2D eigenvalue weighted by atomic mass is 9.90. The minimum Gasteiger partial charge on any atom is -0.342 e. The van der Waals surface area contributed by atoms with Crippen LogP contribution in [0, 0.1) is 11.3 Å². The molecule has 8 nitrogen and oxygen atoms in total. The highest BCUT2D eigenvalue weighted by atomic mass is 16.2. The number of rotatable bonds is 4. The van der Waals surface area contributed by atoms with Crippen molar-refractivity contribution in [3.8, 4) is 0 Å². The summed E-state index contributed by atoms with van der Waals surface area (Å²) in [6.07, 6.45) is 12.0. The Hall–Kier alpha value is -3.03. The Labute approximate surface area is 175 Å². The van der Waals surface area contributed by atoms with Crippen molar-refractivity contribution in [1.29, 1.82) is 0 Å². The molecule has 3 aliphatic rings. The van der Waals surface area contributed by atoms with Crippen LogP contribution in [0.2, 0.25) is 0 Å². The third-order valence-electron chi connectivity index (χ3n) is 6.93. The monoisotopic (exact) mass is 406 g/mol. The maximum absolute atomic E-state index is 12.6. The number of carbonyl (C=O) groups is 2. The second-order valence-electron chi connectivity index (χ2n) is 8.70. The highest BCUT2D eigenvalue weighted by molar-refractivity contribution is 5.78. The molecule has 2 aromatic rings. The number of urea groups is 1. The molecule has 2 fully saturated rings. The van der Waals surface area contributed by atoms with E-state index in [0.717, 1.165) is 50.2 Å². The number of likely N-dealkylation sites (tertiary alicyclic amines) is 1. The molecule has 1 aliphatic carbocycles. The molecule has 0 radical (unpaired) electrons. The smallest absolute Gasteiger partial charge is 0.318 e. The van der Waals surface area contributed by atoms with Gasteiger partial charge in [0, 0.05) is 63.7 Å². The Morgan fingerprint density at radius 1 is 1.03 bits per heavy atom. The predicted molar refractivity (Wildman–Crippen MR) is 109 cm³/mol. The number of piperidine rings is 1. The molecule has 4 heterocycles. The molecule has 1 unspecified atom stereocenters. The van der Waals surface area contributed by atoms with Gasteiger partial charge in [0.1, 0.15) is 0 Å². The summed E-state index contributed by atoms with van der Waals surface area (Å²) in [4.78, 5) is 41.2. The van der Waals surface area contributed by atoms with Crippen LogP contribution < -0.4 is 5.32 Å². The molecule has 1 saturated heterocycles. The van der Waals surface area contributed by atoms with Crippen LogP contribution in [0.15, 0.2) is 37.1 Å². The second-order valence-corrected chi connectivity index (χ2v) is 8.70. The van der Waals surface area contributed by atoms with E-state index in [-0.39, 0.29) is 11.9 Å². The van der Waals surface area contributed by atoms with Crippen molar-refractivity contribution >= 4 is 11.9 Å². The van der Waals surface area contributed by atoms with E-state index in [1.54, 1.807) is 24.8 Å². The first kappa shape index (κ1) is 19.0. The zero-order valence-corrected chi connectivity index (χ0v) is 17.0. The zero-order chi connectivity index (χ0) is 20.6. The molecule has 3 amide bonds. The number of carbonyl (C=O) groups excluding carboxylic acids is 2. The lowest BCUT2D eigenvalue weighted by Gasteiger charge is -2.33. The number of pyridine rings is 1. The van der Waals surface area contributed by atoms with Gasteiger partial charge in [-0.1, -0.05) is 0 Å². The van der Waals surface area contributed by atoms with Crippen molar-refractivity contribution in [2.75, 3.05) is 19.6 Å². The highest BCUT2D eigenvalue weighted by Gasteiger charge is 2.54. The Balaban J connectivity index is 1.06. The van der Waals surface area contributed by atoms with Gasteiger partial charge in [-0.3, -0.25) is 19.7 Å². The van der Waals surface area contributed by atoms with E-state index in [0.29, 0.717) is 30.8 Å². The van der Waals surface area contributed by atoms with Gasteiger partial charge in [0.15, 0.2) is 0 Å². The van der Waals surface area contributed by atoms with Crippen LogP contribution in [0.5, 0.6) is 0 Å². The van der Waals surface area contributed by atoms with Gasteiger partial charge in [-0.25, -0.2) is 4.79 Å². The van der Waals surface area contributed by atoms with Crippen molar-refractivity contribution in [3.05, 3.63) is 53.9 Å². The van der Waals surface area contributed by atoms with E-state index in [1.807, 2.05) is 22.1 Å². The van der Waals surface area contributed by atoms with Crippen molar-refractivity contribution in [3.63, 3.8) is 0 Å². The van der Waals surface area contributed by atoms with Gasteiger partial charge in [0.25, 0.3) is 0 Å². The first-order valence-electron chi connectivity index (χ1n) is 10.6. The summed E-state index contributed by atoms with van der Waals surface area (Å²) in [5.74, 6) is 0.643. The Bertz CT molecular complexity index is 917. The molecular formula is C22H26N6O2. The van der Waals surface area contributed by atoms with E-state index in [1.165, 1.54) is 5.56 Å². The molecule has 30 heavy (non-hydrogen) atoms. The summed E-state index contributed by atoms with van der Waals surface area (Å²) >= 11 is 0. The van der Waals surface area contributed by atoms with Crippen LogP contribution >= 0.6 is 0 Å². The van der Waals surface area contributed by atoms with Crippen LogP contribution in [0.4, 0.5) is 4.79 Å². The zero-order valence-electron chi connectivity index (χ0n) is 17.0. The largest absolute Gasteiger partial charge is 0.342 e. The molecule has 0 bridgehead atoms. The quantitative estimate of drug-likeness (QED) is 0.836. The average molecular weight is 406 g/mol. The van der Waals surface area contributed by atoms with E-state index >= 15 is 0 Å². The van der Waals surface area contributed by atoms with E-state index < -0.39 is 0 Å². The Kier molecular flexibility index (Phi) is 4.84.